The van der Waals surface area contributed by atoms with Crippen molar-refractivity contribution in [3.8, 4) is 11.5 Å². The van der Waals surface area contributed by atoms with Crippen molar-refractivity contribution < 1.29 is 22.4 Å². The number of rotatable bonds is 5. The Morgan fingerprint density at radius 3 is 2.65 bits per heavy atom. The van der Waals surface area contributed by atoms with Gasteiger partial charge in [-0.1, -0.05) is 18.2 Å². The van der Waals surface area contributed by atoms with Gasteiger partial charge in [-0.2, -0.15) is 13.2 Å². The molecule has 0 saturated heterocycles. The smallest absolute Gasteiger partial charge is 0.416 e. The summed E-state index contributed by atoms with van der Waals surface area (Å²) < 4.78 is 43.4. The number of pyridine rings is 1. The van der Waals surface area contributed by atoms with Gasteiger partial charge in [-0.05, 0) is 24.3 Å². The van der Waals surface area contributed by atoms with E-state index in [-0.39, 0.29) is 12.2 Å². The van der Waals surface area contributed by atoms with Gasteiger partial charge >= 0.3 is 6.18 Å². The predicted molar refractivity (Wildman–Crippen MR) is 87.2 cm³/mol. The lowest BCUT2D eigenvalue weighted by molar-refractivity contribution is -0.137. The number of benzene rings is 1. The van der Waals surface area contributed by atoms with Gasteiger partial charge in [0.2, 0.25) is 5.89 Å². The molecule has 26 heavy (non-hydrogen) atoms. The van der Waals surface area contributed by atoms with E-state index in [1.54, 1.807) is 0 Å². The third-order valence-electron chi connectivity index (χ3n) is 3.56. The van der Waals surface area contributed by atoms with E-state index in [9.17, 15) is 18.0 Å². The first kappa shape index (κ1) is 17.7. The summed E-state index contributed by atoms with van der Waals surface area (Å²) in [6.45, 7) is 0.192. The lowest BCUT2D eigenvalue weighted by Crippen LogP contribution is -2.27. The maximum absolute atomic E-state index is 12.7. The summed E-state index contributed by atoms with van der Waals surface area (Å²) in [5.74, 6) is -0.214. The van der Waals surface area contributed by atoms with Crippen LogP contribution in [-0.4, -0.2) is 22.4 Å². The molecule has 0 radical (unpaired) electrons. The lowest BCUT2D eigenvalue weighted by atomic mass is 10.2. The lowest BCUT2D eigenvalue weighted by Gasteiger charge is -2.08. The molecule has 0 atom stereocenters. The van der Waals surface area contributed by atoms with E-state index in [4.69, 9.17) is 4.42 Å². The molecule has 3 rings (SSSR count). The second kappa shape index (κ2) is 7.38. The molecular formula is C18H14F3N3O2. The van der Waals surface area contributed by atoms with Crippen molar-refractivity contribution in [2.24, 2.45) is 0 Å². The van der Waals surface area contributed by atoms with E-state index in [2.05, 4.69) is 15.3 Å². The second-order valence-electron chi connectivity index (χ2n) is 5.44. The summed E-state index contributed by atoms with van der Waals surface area (Å²) in [5.41, 5.74) is 0.253. The Labute approximate surface area is 146 Å². The highest BCUT2D eigenvalue weighted by Gasteiger charge is 2.31. The van der Waals surface area contributed by atoms with Gasteiger partial charge in [0.1, 0.15) is 12.0 Å². The molecule has 0 bridgehead atoms. The van der Waals surface area contributed by atoms with Crippen molar-refractivity contribution in [2.75, 3.05) is 6.54 Å². The Hall–Kier alpha value is -3.16. The molecule has 0 aliphatic heterocycles. The van der Waals surface area contributed by atoms with E-state index in [1.165, 1.54) is 6.26 Å². The van der Waals surface area contributed by atoms with Crippen molar-refractivity contribution in [3.63, 3.8) is 0 Å². The molecule has 0 aliphatic carbocycles. The minimum absolute atomic E-state index is 0.192. The fourth-order valence-electron chi connectivity index (χ4n) is 2.26. The van der Waals surface area contributed by atoms with Gasteiger partial charge in [-0.15, -0.1) is 0 Å². The van der Waals surface area contributed by atoms with Gasteiger partial charge in [0.15, 0.2) is 0 Å². The minimum atomic E-state index is -4.52. The molecule has 0 saturated carbocycles. The third-order valence-corrected chi connectivity index (χ3v) is 3.56. The molecule has 8 heteroatoms. The zero-order chi connectivity index (χ0) is 18.6. The molecule has 2 heterocycles. The number of nitrogens with zero attached hydrogens (tertiary/aromatic N) is 2. The molecule has 2 aromatic heterocycles. The van der Waals surface area contributed by atoms with E-state index < -0.39 is 17.6 Å². The van der Waals surface area contributed by atoms with Crippen LogP contribution >= 0.6 is 0 Å². The first-order valence-electron chi connectivity index (χ1n) is 7.75. The number of alkyl halides is 3. The Kier molecular flexibility index (Phi) is 5.01. The molecular weight excluding hydrogens is 347 g/mol. The average Bonchev–Trinajstić information content (AvgIpc) is 3.11. The molecule has 1 aromatic carbocycles. The molecule has 0 spiro atoms. The number of nitrogens with one attached hydrogen (secondary N) is 1. The second-order valence-corrected chi connectivity index (χ2v) is 5.44. The summed E-state index contributed by atoms with van der Waals surface area (Å²) in [6.07, 6.45) is -1.70. The summed E-state index contributed by atoms with van der Waals surface area (Å²) in [4.78, 5) is 19.9. The first-order chi connectivity index (χ1) is 12.4. The predicted octanol–water partition coefficient (Wildman–Crippen LogP) is 3.73. The third kappa shape index (κ3) is 4.27. The number of oxazole rings is 1. The summed E-state index contributed by atoms with van der Waals surface area (Å²) in [6, 6.07) is 10.9. The van der Waals surface area contributed by atoms with E-state index >= 15 is 0 Å². The van der Waals surface area contributed by atoms with Crippen molar-refractivity contribution >= 4 is 5.91 Å². The summed E-state index contributed by atoms with van der Waals surface area (Å²) in [5, 5.41) is 2.52. The van der Waals surface area contributed by atoms with Crippen LogP contribution < -0.4 is 5.32 Å². The summed E-state index contributed by atoms with van der Waals surface area (Å²) >= 11 is 0. The molecule has 134 valence electrons. The highest BCUT2D eigenvalue weighted by Crippen LogP contribution is 2.28. The molecule has 5 nitrogen and oxygen atoms in total. The van der Waals surface area contributed by atoms with Gasteiger partial charge in [0.25, 0.3) is 5.91 Å². The standard InChI is InChI=1S/C18H14F3N3O2/c19-18(20,21)13-6-8-22-15(10-13)16(25)23-9-7-14-11-26-17(24-14)12-4-2-1-3-5-12/h1-6,8,10-11H,7,9H2,(H,23,25). The molecule has 0 fully saturated rings. The van der Waals surface area contributed by atoms with Crippen LogP contribution in [0.4, 0.5) is 13.2 Å². The van der Waals surface area contributed by atoms with Crippen molar-refractivity contribution in [1.82, 2.24) is 15.3 Å². The van der Waals surface area contributed by atoms with Crippen LogP contribution in [-0.2, 0) is 12.6 Å². The first-order valence-corrected chi connectivity index (χ1v) is 7.75. The van der Waals surface area contributed by atoms with Crippen molar-refractivity contribution in [1.29, 1.82) is 0 Å². The Balaban J connectivity index is 1.57. The van der Waals surface area contributed by atoms with Gasteiger partial charge < -0.3 is 9.73 Å². The fraction of sp³-hybridized carbons (Fsp3) is 0.167. The summed E-state index contributed by atoms with van der Waals surface area (Å²) in [7, 11) is 0. The largest absolute Gasteiger partial charge is 0.444 e. The highest BCUT2D eigenvalue weighted by molar-refractivity contribution is 5.92. The number of hydrogen-bond acceptors (Lipinski definition) is 4. The van der Waals surface area contributed by atoms with E-state index in [1.807, 2.05) is 30.3 Å². The van der Waals surface area contributed by atoms with Gasteiger partial charge in [0, 0.05) is 24.7 Å². The average molecular weight is 361 g/mol. The molecule has 3 aromatic rings. The Morgan fingerprint density at radius 2 is 1.92 bits per heavy atom. The monoisotopic (exact) mass is 361 g/mol. The molecule has 1 amide bonds. The topological polar surface area (TPSA) is 68.0 Å². The molecule has 0 unspecified atom stereocenters. The van der Waals surface area contributed by atoms with Crippen LogP contribution in [0.3, 0.4) is 0 Å². The number of carbonyl (C=O) groups excluding carboxylic acids is 1. The zero-order valence-electron chi connectivity index (χ0n) is 13.5. The van der Waals surface area contributed by atoms with Crippen LogP contribution in [0, 0.1) is 0 Å². The van der Waals surface area contributed by atoms with Gasteiger partial charge in [-0.3, -0.25) is 9.78 Å². The molecule has 1 N–H and O–H groups in total. The number of carbonyl (C=O) groups is 1. The Morgan fingerprint density at radius 1 is 1.15 bits per heavy atom. The van der Waals surface area contributed by atoms with Crippen LogP contribution in [0.1, 0.15) is 21.7 Å². The minimum Gasteiger partial charge on any atom is -0.444 e. The highest BCUT2D eigenvalue weighted by atomic mass is 19.4. The quantitative estimate of drug-likeness (QED) is 0.752. The van der Waals surface area contributed by atoms with Crippen molar-refractivity contribution in [2.45, 2.75) is 12.6 Å². The van der Waals surface area contributed by atoms with Crippen LogP contribution in [0.5, 0.6) is 0 Å². The Bertz CT molecular complexity index is 892. The number of aromatic nitrogens is 2. The van der Waals surface area contributed by atoms with Crippen molar-refractivity contribution in [3.05, 3.63) is 71.9 Å². The molecule has 0 aliphatic rings. The van der Waals surface area contributed by atoms with E-state index in [0.29, 0.717) is 18.0 Å². The normalized spacial score (nSPS) is 11.3. The van der Waals surface area contributed by atoms with Gasteiger partial charge in [0.05, 0.1) is 11.3 Å². The maximum Gasteiger partial charge on any atom is 0.416 e. The van der Waals surface area contributed by atoms with Crippen LogP contribution in [0.25, 0.3) is 11.5 Å². The zero-order valence-corrected chi connectivity index (χ0v) is 13.5. The number of halogens is 3. The van der Waals surface area contributed by atoms with Crippen LogP contribution in [0.15, 0.2) is 59.3 Å². The fourth-order valence-corrected chi connectivity index (χ4v) is 2.26. The number of hydrogen-bond donors (Lipinski definition) is 1. The van der Waals surface area contributed by atoms with Crippen LogP contribution in [0.2, 0.25) is 0 Å². The van der Waals surface area contributed by atoms with E-state index in [0.717, 1.165) is 23.9 Å². The maximum atomic E-state index is 12.7. The SMILES string of the molecule is O=C(NCCc1coc(-c2ccccc2)n1)c1cc(C(F)(F)F)ccn1. The number of amides is 1. The van der Waals surface area contributed by atoms with Gasteiger partial charge in [-0.25, -0.2) is 4.98 Å².